The van der Waals surface area contributed by atoms with E-state index in [9.17, 15) is 0 Å². The second kappa shape index (κ2) is 4.99. The molecule has 1 saturated heterocycles. The Hall–Kier alpha value is -0.540. The van der Waals surface area contributed by atoms with Gasteiger partial charge < -0.3 is 10.2 Å². The van der Waals surface area contributed by atoms with Crippen molar-refractivity contribution >= 4 is 17.0 Å². The van der Waals surface area contributed by atoms with Gasteiger partial charge in [-0.2, -0.15) is 11.3 Å². The van der Waals surface area contributed by atoms with Gasteiger partial charge >= 0.3 is 0 Å². The Bertz CT molecular complexity index is 282. The Morgan fingerprint density at radius 1 is 1.53 bits per heavy atom. The van der Waals surface area contributed by atoms with Crippen LogP contribution in [0.1, 0.15) is 26.7 Å². The number of thiophene rings is 1. The van der Waals surface area contributed by atoms with Crippen molar-refractivity contribution in [2.75, 3.05) is 18.0 Å². The van der Waals surface area contributed by atoms with Crippen molar-refractivity contribution in [3.63, 3.8) is 0 Å². The van der Waals surface area contributed by atoms with Gasteiger partial charge in [0.1, 0.15) is 0 Å². The highest BCUT2D eigenvalue weighted by atomic mass is 32.1. The fourth-order valence-corrected chi connectivity index (χ4v) is 2.92. The van der Waals surface area contributed by atoms with Crippen LogP contribution in [0.15, 0.2) is 16.8 Å². The molecule has 0 aromatic carbocycles. The van der Waals surface area contributed by atoms with Crippen molar-refractivity contribution in [3.05, 3.63) is 16.8 Å². The van der Waals surface area contributed by atoms with Gasteiger partial charge in [0.05, 0.1) is 0 Å². The van der Waals surface area contributed by atoms with Crippen LogP contribution in [-0.4, -0.2) is 25.2 Å². The molecule has 2 heterocycles. The van der Waals surface area contributed by atoms with E-state index in [4.69, 9.17) is 0 Å². The van der Waals surface area contributed by atoms with Crippen molar-refractivity contribution in [3.8, 4) is 0 Å². The molecule has 84 valence electrons. The monoisotopic (exact) mass is 224 g/mol. The SMILES string of the molecule is CC(C)NC1CCCN(c2ccsc2)C1. The second-order valence-corrected chi connectivity index (χ2v) is 5.37. The van der Waals surface area contributed by atoms with Crippen LogP contribution in [0.3, 0.4) is 0 Å². The van der Waals surface area contributed by atoms with E-state index in [1.54, 1.807) is 11.3 Å². The first-order chi connectivity index (χ1) is 7.25. The van der Waals surface area contributed by atoms with Gasteiger partial charge in [-0.15, -0.1) is 0 Å². The van der Waals surface area contributed by atoms with Crippen LogP contribution in [0.5, 0.6) is 0 Å². The predicted molar refractivity (Wildman–Crippen MR) is 67.8 cm³/mol. The quantitative estimate of drug-likeness (QED) is 0.849. The first-order valence-electron chi connectivity index (χ1n) is 5.79. The first kappa shape index (κ1) is 11.0. The summed E-state index contributed by atoms with van der Waals surface area (Å²) in [5.74, 6) is 0. The highest BCUT2D eigenvalue weighted by molar-refractivity contribution is 7.08. The largest absolute Gasteiger partial charge is 0.369 e. The normalized spacial score (nSPS) is 22.3. The Morgan fingerprint density at radius 2 is 2.40 bits per heavy atom. The standard InChI is InChI=1S/C12H20N2S/c1-10(2)13-11-4-3-6-14(8-11)12-5-7-15-9-12/h5,7,9-11,13H,3-4,6,8H2,1-2H3. The minimum absolute atomic E-state index is 0.595. The summed E-state index contributed by atoms with van der Waals surface area (Å²) in [7, 11) is 0. The van der Waals surface area contributed by atoms with Crippen LogP contribution in [0.2, 0.25) is 0 Å². The molecule has 0 bridgehead atoms. The van der Waals surface area contributed by atoms with E-state index < -0.39 is 0 Å². The lowest BCUT2D eigenvalue weighted by Gasteiger charge is -2.35. The predicted octanol–water partition coefficient (Wildman–Crippen LogP) is 2.71. The van der Waals surface area contributed by atoms with Crippen LogP contribution < -0.4 is 10.2 Å². The topological polar surface area (TPSA) is 15.3 Å². The summed E-state index contributed by atoms with van der Waals surface area (Å²) >= 11 is 1.79. The number of anilines is 1. The van der Waals surface area contributed by atoms with Gasteiger partial charge in [-0.3, -0.25) is 0 Å². The average molecular weight is 224 g/mol. The minimum atomic E-state index is 0.595. The molecule has 0 amide bonds. The molecule has 1 unspecified atom stereocenters. The Morgan fingerprint density at radius 3 is 3.07 bits per heavy atom. The van der Waals surface area contributed by atoms with Gasteiger partial charge in [-0.05, 0) is 24.3 Å². The lowest BCUT2D eigenvalue weighted by atomic mass is 10.0. The maximum absolute atomic E-state index is 3.64. The molecule has 0 aliphatic carbocycles. The van der Waals surface area contributed by atoms with Gasteiger partial charge in [0.15, 0.2) is 0 Å². The number of nitrogens with zero attached hydrogens (tertiary/aromatic N) is 1. The highest BCUT2D eigenvalue weighted by Gasteiger charge is 2.20. The molecule has 1 aromatic heterocycles. The zero-order valence-electron chi connectivity index (χ0n) is 9.57. The summed E-state index contributed by atoms with van der Waals surface area (Å²) in [4.78, 5) is 2.50. The van der Waals surface area contributed by atoms with E-state index in [-0.39, 0.29) is 0 Å². The zero-order valence-corrected chi connectivity index (χ0v) is 10.4. The molecule has 1 aliphatic rings. The molecular weight excluding hydrogens is 204 g/mol. The molecule has 1 aromatic rings. The van der Waals surface area contributed by atoms with Crippen molar-refractivity contribution < 1.29 is 0 Å². The Kier molecular flexibility index (Phi) is 3.65. The molecule has 1 atom stereocenters. The van der Waals surface area contributed by atoms with Crippen LogP contribution in [0.25, 0.3) is 0 Å². The number of rotatable bonds is 3. The molecule has 0 saturated carbocycles. The van der Waals surface area contributed by atoms with Gasteiger partial charge in [0, 0.05) is 36.2 Å². The molecular formula is C12H20N2S. The third kappa shape index (κ3) is 2.95. The highest BCUT2D eigenvalue weighted by Crippen LogP contribution is 2.22. The van der Waals surface area contributed by atoms with Crippen molar-refractivity contribution in [2.24, 2.45) is 0 Å². The fourth-order valence-electron chi connectivity index (χ4n) is 2.26. The Balaban J connectivity index is 1.92. The Labute approximate surface area is 96.3 Å². The van der Waals surface area contributed by atoms with Gasteiger partial charge in [0.25, 0.3) is 0 Å². The van der Waals surface area contributed by atoms with E-state index in [0.717, 1.165) is 6.54 Å². The molecule has 2 rings (SSSR count). The lowest BCUT2D eigenvalue weighted by Crippen LogP contribution is -2.47. The van der Waals surface area contributed by atoms with Gasteiger partial charge in [0.2, 0.25) is 0 Å². The molecule has 0 spiro atoms. The van der Waals surface area contributed by atoms with E-state index in [1.165, 1.54) is 25.1 Å². The summed E-state index contributed by atoms with van der Waals surface area (Å²) in [6, 6.07) is 3.48. The van der Waals surface area contributed by atoms with E-state index in [2.05, 4.69) is 40.9 Å². The molecule has 1 N–H and O–H groups in total. The smallest absolute Gasteiger partial charge is 0.0475 e. The first-order valence-corrected chi connectivity index (χ1v) is 6.73. The zero-order chi connectivity index (χ0) is 10.7. The van der Waals surface area contributed by atoms with Crippen molar-refractivity contribution in [1.29, 1.82) is 0 Å². The van der Waals surface area contributed by atoms with E-state index >= 15 is 0 Å². The maximum Gasteiger partial charge on any atom is 0.0475 e. The molecule has 0 radical (unpaired) electrons. The summed E-state index contributed by atoms with van der Waals surface area (Å²) in [5, 5.41) is 8.04. The molecule has 1 fully saturated rings. The molecule has 3 heteroatoms. The number of hydrogen-bond acceptors (Lipinski definition) is 3. The number of hydrogen-bond donors (Lipinski definition) is 1. The van der Waals surface area contributed by atoms with E-state index in [0.29, 0.717) is 12.1 Å². The number of nitrogens with one attached hydrogen (secondary N) is 1. The third-order valence-corrected chi connectivity index (χ3v) is 3.53. The third-order valence-electron chi connectivity index (χ3n) is 2.86. The van der Waals surface area contributed by atoms with Crippen LogP contribution in [-0.2, 0) is 0 Å². The van der Waals surface area contributed by atoms with Gasteiger partial charge in [-0.1, -0.05) is 13.8 Å². The van der Waals surface area contributed by atoms with E-state index in [1.807, 2.05) is 0 Å². The molecule has 1 aliphatic heterocycles. The van der Waals surface area contributed by atoms with Crippen LogP contribution in [0.4, 0.5) is 5.69 Å². The lowest BCUT2D eigenvalue weighted by molar-refractivity contribution is 0.395. The molecule has 2 nitrogen and oxygen atoms in total. The summed E-state index contributed by atoms with van der Waals surface area (Å²) in [5.41, 5.74) is 1.40. The van der Waals surface area contributed by atoms with Gasteiger partial charge in [-0.25, -0.2) is 0 Å². The summed E-state index contributed by atoms with van der Waals surface area (Å²) in [6.45, 7) is 6.83. The summed E-state index contributed by atoms with van der Waals surface area (Å²) in [6.07, 6.45) is 2.62. The maximum atomic E-state index is 3.64. The van der Waals surface area contributed by atoms with Crippen LogP contribution >= 0.6 is 11.3 Å². The van der Waals surface area contributed by atoms with Crippen LogP contribution in [0, 0.1) is 0 Å². The second-order valence-electron chi connectivity index (χ2n) is 4.59. The van der Waals surface area contributed by atoms with Crippen molar-refractivity contribution in [1.82, 2.24) is 5.32 Å². The fraction of sp³-hybridized carbons (Fsp3) is 0.667. The molecule has 15 heavy (non-hydrogen) atoms. The average Bonchev–Trinajstić information content (AvgIpc) is 2.69. The van der Waals surface area contributed by atoms with Crippen molar-refractivity contribution in [2.45, 2.75) is 38.8 Å². The summed E-state index contributed by atoms with van der Waals surface area (Å²) < 4.78 is 0. The minimum Gasteiger partial charge on any atom is -0.369 e. The number of piperidine rings is 1.